The van der Waals surface area contributed by atoms with Crippen LogP contribution in [0.2, 0.25) is 0 Å². The molecule has 0 radical (unpaired) electrons. The third-order valence-corrected chi connectivity index (χ3v) is 6.29. The molecule has 10 heteroatoms. The Balaban J connectivity index is 1.52. The van der Waals surface area contributed by atoms with Crippen LogP contribution in [0.1, 0.15) is 18.4 Å². The molecule has 2 amide bonds. The minimum absolute atomic E-state index is 0.0366. The number of amides is 2. The van der Waals surface area contributed by atoms with Crippen molar-refractivity contribution >= 4 is 46.6 Å². The summed E-state index contributed by atoms with van der Waals surface area (Å²) >= 11 is 1.30. The summed E-state index contributed by atoms with van der Waals surface area (Å²) in [5, 5.41) is 25.7. The van der Waals surface area contributed by atoms with Gasteiger partial charge in [0.05, 0.1) is 22.5 Å². The van der Waals surface area contributed by atoms with E-state index in [9.17, 15) is 29.6 Å². The van der Waals surface area contributed by atoms with Gasteiger partial charge in [0, 0.05) is 28.4 Å². The molecule has 0 saturated carbocycles. The van der Waals surface area contributed by atoms with Crippen LogP contribution in [0.3, 0.4) is 0 Å². The van der Waals surface area contributed by atoms with Gasteiger partial charge in [0.25, 0.3) is 5.69 Å². The number of thioether (sulfide) groups is 1. The summed E-state index contributed by atoms with van der Waals surface area (Å²) in [7, 11) is 0. The van der Waals surface area contributed by atoms with Gasteiger partial charge in [-0.25, -0.2) is 0 Å². The van der Waals surface area contributed by atoms with Crippen LogP contribution >= 0.6 is 11.8 Å². The molecule has 1 aliphatic rings. The van der Waals surface area contributed by atoms with Crippen molar-refractivity contribution in [2.75, 3.05) is 16.4 Å². The average Bonchev–Trinajstić information content (AvgIpc) is 2.79. The highest BCUT2D eigenvalue weighted by Crippen LogP contribution is 2.28. The molecule has 172 valence electrons. The summed E-state index contributed by atoms with van der Waals surface area (Å²) in [6.07, 6.45) is 4.34. The first kappa shape index (κ1) is 24.0. The second-order valence-electron chi connectivity index (χ2n) is 7.60. The number of rotatable bonds is 8. The van der Waals surface area contributed by atoms with Gasteiger partial charge < -0.3 is 15.7 Å². The quantitative estimate of drug-likeness (QED) is 0.227. The van der Waals surface area contributed by atoms with E-state index in [2.05, 4.69) is 10.6 Å². The number of nitrogens with zero attached hydrogens (tertiary/aromatic N) is 1. The first-order chi connectivity index (χ1) is 15.7. The van der Waals surface area contributed by atoms with Gasteiger partial charge in [-0.15, -0.1) is 11.8 Å². The molecule has 9 nitrogen and oxygen atoms in total. The predicted molar refractivity (Wildman–Crippen MR) is 125 cm³/mol. The third-order valence-electron chi connectivity index (χ3n) is 5.27. The second-order valence-corrected chi connectivity index (χ2v) is 8.65. The van der Waals surface area contributed by atoms with Crippen LogP contribution in [-0.2, 0) is 14.4 Å². The number of allylic oxidation sites excluding steroid dienone is 2. The molecular formula is C23H23N3O6S. The largest absolute Gasteiger partial charge is 0.481 e. The van der Waals surface area contributed by atoms with E-state index >= 15 is 0 Å². The molecule has 33 heavy (non-hydrogen) atoms. The Labute approximate surface area is 194 Å². The molecule has 2 aromatic rings. The van der Waals surface area contributed by atoms with Crippen molar-refractivity contribution in [1.29, 1.82) is 0 Å². The SMILES string of the molecule is Cc1cc([N+](=O)[O-])ccc1NC(=O)CSc1ccc(NC(=O)C2CC=CCC2C(=O)O)cc1. The van der Waals surface area contributed by atoms with E-state index in [-0.39, 0.29) is 23.3 Å². The Morgan fingerprint density at radius 1 is 1.06 bits per heavy atom. The molecule has 0 bridgehead atoms. The van der Waals surface area contributed by atoms with Gasteiger partial charge in [0.15, 0.2) is 0 Å². The van der Waals surface area contributed by atoms with Gasteiger partial charge in [-0.2, -0.15) is 0 Å². The van der Waals surface area contributed by atoms with Crippen LogP contribution in [0.5, 0.6) is 0 Å². The maximum absolute atomic E-state index is 12.5. The molecule has 2 aromatic carbocycles. The Morgan fingerprint density at radius 2 is 1.73 bits per heavy atom. The lowest BCUT2D eigenvalue weighted by atomic mass is 9.82. The van der Waals surface area contributed by atoms with Crippen LogP contribution in [0.15, 0.2) is 59.5 Å². The van der Waals surface area contributed by atoms with Gasteiger partial charge in [0.2, 0.25) is 11.8 Å². The minimum atomic E-state index is -0.978. The second kappa shape index (κ2) is 10.8. The van der Waals surface area contributed by atoms with Gasteiger partial charge >= 0.3 is 5.97 Å². The maximum atomic E-state index is 12.5. The monoisotopic (exact) mass is 469 g/mol. The smallest absolute Gasteiger partial charge is 0.307 e. The van der Waals surface area contributed by atoms with Crippen molar-refractivity contribution in [2.45, 2.75) is 24.7 Å². The molecule has 0 aliphatic heterocycles. The lowest BCUT2D eigenvalue weighted by Gasteiger charge is -2.24. The molecule has 2 unspecified atom stereocenters. The van der Waals surface area contributed by atoms with Crippen LogP contribution in [-0.4, -0.2) is 33.6 Å². The zero-order valence-corrected chi connectivity index (χ0v) is 18.6. The molecule has 0 spiro atoms. The highest BCUT2D eigenvalue weighted by molar-refractivity contribution is 8.00. The summed E-state index contributed by atoms with van der Waals surface area (Å²) in [6.45, 7) is 1.69. The third kappa shape index (κ3) is 6.42. The Morgan fingerprint density at radius 3 is 2.33 bits per heavy atom. The van der Waals surface area contributed by atoms with Crippen LogP contribution in [0.25, 0.3) is 0 Å². The number of nitro groups is 1. The molecule has 0 heterocycles. The van der Waals surface area contributed by atoms with Gasteiger partial charge in [-0.05, 0) is 55.7 Å². The van der Waals surface area contributed by atoms with Gasteiger partial charge in [0.1, 0.15) is 0 Å². The number of hydrogen-bond donors (Lipinski definition) is 3. The molecule has 3 N–H and O–H groups in total. The fourth-order valence-corrected chi connectivity index (χ4v) is 4.18. The van der Waals surface area contributed by atoms with Crippen molar-refractivity contribution in [1.82, 2.24) is 0 Å². The lowest BCUT2D eigenvalue weighted by Crippen LogP contribution is -2.34. The Bertz CT molecular complexity index is 1100. The number of nitrogens with one attached hydrogen (secondary N) is 2. The molecule has 0 aromatic heterocycles. The number of benzene rings is 2. The number of nitro benzene ring substituents is 1. The van der Waals surface area contributed by atoms with E-state index in [1.807, 2.05) is 6.08 Å². The fraction of sp³-hybridized carbons (Fsp3) is 0.261. The number of carboxylic acids is 1. The van der Waals surface area contributed by atoms with Crippen LogP contribution < -0.4 is 10.6 Å². The summed E-state index contributed by atoms with van der Waals surface area (Å²) in [5.41, 5.74) is 1.63. The predicted octanol–water partition coefficient (Wildman–Crippen LogP) is 4.24. The van der Waals surface area contributed by atoms with Crippen molar-refractivity contribution in [3.63, 3.8) is 0 Å². The molecular weight excluding hydrogens is 446 g/mol. The van der Waals surface area contributed by atoms with Crippen molar-refractivity contribution in [3.05, 3.63) is 70.3 Å². The number of anilines is 2. The number of aryl methyl sites for hydroxylation is 1. The van der Waals surface area contributed by atoms with E-state index in [0.717, 1.165) is 4.90 Å². The molecule has 0 saturated heterocycles. The summed E-state index contributed by atoms with van der Waals surface area (Å²) in [4.78, 5) is 47.3. The highest BCUT2D eigenvalue weighted by atomic mass is 32.2. The molecule has 3 rings (SSSR count). The van der Waals surface area contributed by atoms with Crippen LogP contribution in [0, 0.1) is 28.9 Å². The number of aliphatic carboxylic acids is 1. The Kier molecular flexibility index (Phi) is 7.83. The number of carbonyl (C=O) groups excluding carboxylic acids is 2. The van der Waals surface area contributed by atoms with Gasteiger partial charge in [-0.1, -0.05) is 12.2 Å². The normalized spacial score (nSPS) is 17.2. The topological polar surface area (TPSA) is 139 Å². The maximum Gasteiger partial charge on any atom is 0.307 e. The molecule has 1 aliphatic carbocycles. The first-order valence-electron chi connectivity index (χ1n) is 10.2. The van der Waals surface area contributed by atoms with Crippen LogP contribution in [0.4, 0.5) is 17.1 Å². The minimum Gasteiger partial charge on any atom is -0.481 e. The van der Waals surface area contributed by atoms with Gasteiger partial charge in [-0.3, -0.25) is 24.5 Å². The van der Waals surface area contributed by atoms with Crippen molar-refractivity contribution < 1.29 is 24.4 Å². The fourth-order valence-electron chi connectivity index (χ4n) is 3.48. The number of hydrogen-bond acceptors (Lipinski definition) is 6. The van der Waals surface area contributed by atoms with E-state index in [1.54, 1.807) is 37.3 Å². The highest BCUT2D eigenvalue weighted by Gasteiger charge is 2.33. The van der Waals surface area contributed by atoms with Crippen molar-refractivity contribution in [2.24, 2.45) is 11.8 Å². The molecule has 0 fully saturated rings. The summed E-state index contributed by atoms with van der Waals surface area (Å²) in [6, 6.07) is 11.2. The summed E-state index contributed by atoms with van der Waals surface area (Å²) in [5.74, 6) is -2.77. The zero-order valence-electron chi connectivity index (χ0n) is 17.8. The number of carboxylic acid groups (broad SMARTS) is 1. The first-order valence-corrected chi connectivity index (χ1v) is 11.2. The average molecular weight is 470 g/mol. The van der Waals surface area contributed by atoms with E-state index in [0.29, 0.717) is 29.8 Å². The van der Waals surface area contributed by atoms with E-state index < -0.39 is 22.7 Å². The number of carbonyl (C=O) groups is 3. The zero-order chi connectivity index (χ0) is 24.0. The summed E-state index contributed by atoms with van der Waals surface area (Å²) < 4.78 is 0. The molecule has 2 atom stereocenters. The number of non-ortho nitro benzene ring substituents is 1. The lowest BCUT2D eigenvalue weighted by molar-refractivity contribution is -0.384. The van der Waals surface area contributed by atoms with E-state index in [4.69, 9.17) is 0 Å². The Hall–Kier alpha value is -3.66. The van der Waals surface area contributed by atoms with E-state index in [1.165, 1.54) is 30.0 Å². The standard InChI is InChI=1S/C23H23N3O6S/c1-14-12-16(26(31)32)8-11-20(14)25-21(27)13-33-17-9-6-15(7-10-17)24-22(28)18-4-2-3-5-19(18)23(29)30/h2-3,6-12,18-19H,4-5,13H2,1H3,(H,24,28)(H,25,27)(H,29,30). The van der Waals surface area contributed by atoms with Crippen molar-refractivity contribution in [3.8, 4) is 0 Å².